The topological polar surface area (TPSA) is 8.17 Å². The highest BCUT2D eigenvalue weighted by Gasteiger charge is 2.46. The molecule has 0 fully saturated rings. The summed E-state index contributed by atoms with van der Waals surface area (Å²) < 4.78 is 2.47. The first-order valence-corrected chi connectivity index (χ1v) is 22.5. The highest BCUT2D eigenvalue weighted by Crippen LogP contribution is 2.57. The fourth-order valence-electron chi connectivity index (χ4n) is 10.9. The second-order valence-electron chi connectivity index (χ2n) is 17.3. The normalized spacial score (nSPS) is 14.6. The van der Waals surface area contributed by atoms with E-state index in [0.717, 1.165) is 23.5 Å². The predicted molar refractivity (Wildman–Crippen MR) is 268 cm³/mol. The lowest BCUT2D eigenvalue weighted by atomic mass is 9.67. The molecule has 0 aliphatic heterocycles. The molecule has 0 bridgehead atoms. The maximum atomic E-state index is 2.47. The van der Waals surface area contributed by atoms with E-state index in [1.165, 1.54) is 83.5 Å². The molecule has 2 aliphatic rings. The summed E-state index contributed by atoms with van der Waals surface area (Å²) in [4.78, 5) is 2.44. The van der Waals surface area contributed by atoms with Crippen LogP contribution in [0.3, 0.4) is 0 Å². The lowest BCUT2D eigenvalue weighted by Gasteiger charge is -2.35. The Kier molecular flexibility index (Phi) is 9.12. The fraction of sp³-hybridized carbons (Fsp3) is 0.0645. The zero-order valence-electron chi connectivity index (χ0n) is 35.8. The number of rotatable bonds is 8. The zero-order valence-corrected chi connectivity index (χ0v) is 35.8. The van der Waals surface area contributed by atoms with Crippen molar-refractivity contribution in [2.75, 3.05) is 4.90 Å². The minimum absolute atomic E-state index is 0.342. The van der Waals surface area contributed by atoms with Crippen molar-refractivity contribution < 1.29 is 0 Å². The van der Waals surface area contributed by atoms with Gasteiger partial charge in [-0.1, -0.05) is 189 Å². The van der Waals surface area contributed by atoms with Gasteiger partial charge in [-0.3, -0.25) is 0 Å². The summed E-state index contributed by atoms with van der Waals surface area (Å²) in [6.07, 6.45) is 3.43. The number of allylic oxidation sites excluding steroid dienone is 1. The fourth-order valence-corrected chi connectivity index (χ4v) is 10.9. The molecule has 10 aromatic rings. The van der Waals surface area contributed by atoms with Crippen LogP contribution in [0.25, 0.3) is 50.5 Å². The molecule has 0 saturated heterocycles. The molecule has 304 valence electrons. The van der Waals surface area contributed by atoms with Crippen LogP contribution in [-0.4, -0.2) is 4.57 Å². The van der Waals surface area contributed by atoms with E-state index in [1.54, 1.807) is 0 Å². The van der Waals surface area contributed by atoms with E-state index in [1.807, 2.05) is 0 Å². The third-order valence-electron chi connectivity index (χ3n) is 13.8. The van der Waals surface area contributed by atoms with Crippen LogP contribution < -0.4 is 4.90 Å². The standard InChI is InChI=1S/C62H46N2/c1-43-40-61-57(55-27-15-17-29-60(55)64(61)49-24-12-5-13-25-49)42-56(43)46-32-36-51(37-33-46)63(50-34-30-45(31-35-50)44-18-6-2-7-19-44)52-38-39-54-53-26-14-16-28-58(53)62(59(54)41-52,47-20-8-3-9-21-47)48-22-10-4-11-23-48/h2-39,41-43H,40H2,1H3. The molecule has 0 spiro atoms. The van der Waals surface area contributed by atoms with Crippen LogP contribution in [0.5, 0.6) is 0 Å². The van der Waals surface area contributed by atoms with Crippen molar-refractivity contribution in [3.63, 3.8) is 0 Å². The van der Waals surface area contributed by atoms with Crippen LogP contribution >= 0.6 is 0 Å². The van der Waals surface area contributed by atoms with Gasteiger partial charge in [0.15, 0.2) is 0 Å². The van der Waals surface area contributed by atoms with Crippen LogP contribution in [0.2, 0.25) is 0 Å². The number of aromatic nitrogens is 1. The molecule has 2 nitrogen and oxygen atoms in total. The number of anilines is 3. The van der Waals surface area contributed by atoms with Gasteiger partial charge in [0.05, 0.1) is 10.9 Å². The van der Waals surface area contributed by atoms with Crippen LogP contribution in [0.1, 0.15) is 46.0 Å². The SMILES string of the molecule is CC1Cc2c(c3ccccc3n2-c2ccccc2)C=C1c1ccc(N(c2ccc(-c3ccccc3)cc2)c2ccc3c(c2)C(c2ccccc2)(c2ccccc2)c2ccccc2-3)cc1. The first-order chi connectivity index (χ1) is 31.7. The summed E-state index contributed by atoms with van der Waals surface area (Å²) in [5, 5.41) is 1.30. The molecule has 64 heavy (non-hydrogen) atoms. The Morgan fingerprint density at radius 2 is 0.969 bits per heavy atom. The average Bonchev–Trinajstić information content (AvgIpc) is 3.85. The quantitative estimate of drug-likeness (QED) is 0.148. The highest BCUT2D eigenvalue weighted by molar-refractivity contribution is 5.99. The van der Waals surface area contributed by atoms with Gasteiger partial charge >= 0.3 is 0 Å². The Morgan fingerprint density at radius 3 is 1.64 bits per heavy atom. The van der Waals surface area contributed by atoms with E-state index < -0.39 is 5.41 Å². The molecule has 0 N–H and O–H groups in total. The molecule has 2 aliphatic carbocycles. The number of hydrogen-bond donors (Lipinski definition) is 0. The second-order valence-corrected chi connectivity index (χ2v) is 17.3. The smallest absolute Gasteiger partial charge is 0.0714 e. The number of para-hydroxylation sites is 2. The van der Waals surface area contributed by atoms with Gasteiger partial charge in [-0.05, 0) is 129 Å². The Balaban J connectivity index is 1.01. The van der Waals surface area contributed by atoms with Crippen molar-refractivity contribution in [1.82, 2.24) is 4.57 Å². The van der Waals surface area contributed by atoms with Crippen molar-refractivity contribution >= 4 is 39.6 Å². The average molecular weight is 819 g/mol. The second kappa shape index (κ2) is 15.4. The molecule has 1 atom stereocenters. The number of benzene rings is 9. The first kappa shape index (κ1) is 37.8. The third kappa shape index (κ3) is 6.02. The molecule has 0 radical (unpaired) electrons. The number of fused-ring (bicyclic) bond motifs is 6. The Bertz CT molecular complexity index is 3290. The van der Waals surface area contributed by atoms with Crippen molar-refractivity contribution in [2.45, 2.75) is 18.8 Å². The molecule has 1 heterocycles. The summed E-state index contributed by atoms with van der Waals surface area (Å²) in [5.41, 5.74) is 20.7. The maximum absolute atomic E-state index is 2.47. The Hall–Kier alpha value is -7.94. The van der Waals surface area contributed by atoms with Gasteiger partial charge in [0, 0.05) is 39.4 Å². The number of nitrogens with zero attached hydrogens (tertiary/aromatic N) is 2. The lowest BCUT2D eigenvalue weighted by Crippen LogP contribution is -2.28. The van der Waals surface area contributed by atoms with E-state index in [0.29, 0.717) is 5.92 Å². The van der Waals surface area contributed by atoms with Crippen molar-refractivity contribution in [1.29, 1.82) is 0 Å². The van der Waals surface area contributed by atoms with Crippen LogP contribution in [0.4, 0.5) is 17.1 Å². The van der Waals surface area contributed by atoms with Crippen molar-refractivity contribution in [3.05, 3.63) is 276 Å². The largest absolute Gasteiger partial charge is 0.313 e. The van der Waals surface area contributed by atoms with E-state index >= 15 is 0 Å². The van der Waals surface area contributed by atoms with Gasteiger partial charge < -0.3 is 9.47 Å². The molecule has 1 aromatic heterocycles. The summed E-state index contributed by atoms with van der Waals surface area (Å²) in [6.45, 7) is 2.38. The van der Waals surface area contributed by atoms with E-state index in [2.05, 4.69) is 259 Å². The highest BCUT2D eigenvalue weighted by atomic mass is 15.1. The summed E-state index contributed by atoms with van der Waals surface area (Å²) in [6, 6.07) is 87.0. The summed E-state index contributed by atoms with van der Waals surface area (Å²) in [7, 11) is 0. The summed E-state index contributed by atoms with van der Waals surface area (Å²) >= 11 is 0. The molecule has 0 saturated carbocycles. The maximum Gasteiger partial charge on any atom is 0.0714 e. The minimum atomic E-state index is -0.497. The van der Waals surface area contributed by atoms with Crippen LogP contribution in [0, 0.1) is 5.92 Å². The molecule has 2 heteroatoms. The van der Waals surface area contributed by atoms with Gasteiger partial charge in [-0.2, -0.15) is 0 Å². The minimum Gasteiger partial charge on any atom is -0.313 e. The van der Waals surface area contributed by atoms with E-state index in [4.69, 9.17) is 0 Å². The summed E-state index contributed by atoms with van der Waals surface area (Å²) in [5.74, 6) is 0.342. The van der Waals surface area contributed by atoms with Crippen molar-refractivity contribution in [2.24, 2.45) is 5.92 Å². The molecular formula is C62H46N2. The van der Waals surface area contributed by atoms with Gasteiger partial charge in [0.1, 0.15) is 0 Å². The van der Waals surface area contributed by atoms with Crippen molar-refractivity contribution in [3.8, 4) is 27.9 Å². The molecule has 0 amide bonds. The van der Waals surface area contributed by atoms with Gasteiger partial charge in [-0.15, -0.1) is 0 Å². The Labute approximate surface area is 375 Å². The molecular weight excluding hydrogens is 773 g/mol. The van der Waals surface area contributed by atoms with E-state index in [9.17, 15) is 0 Å². The van der Waals surface area contributed by atoms with Gasteiger partial charge in [0.25, 0.3) is 0 Å². The lowest BCUT2D eigenvalue weighted by molar-refractivity contribution is 0.708. The zero-order chi connectivity index (χ0) is 42.6. The molecule has 9 aromatic carbocycles. The Morgan fingerprint density at radius 1 is 0.453 bits per heavy atom. The number of hydrogen-bond acceptors (Lipinski definition) is 1. The van der Waals surface area contributed by atoms with E-state index in [-0.39, 0.29) is 0 Å². The van der Waals surface area contributed by atoms with Gasteiger partial charge in [-0.25, -0.2) is 0 Å². The molecule has 12 rings (SSSR count). The monoisotopic (exact) mass is 818 g/mol. The van der Waals surface area contributed by atoms with Crippen LogP contribution in [-0.2, 0) is 11.8 Å². The predicted octanol–water partition coefficient (Wildman–Crippen LogP) is 15.9. The first-order valence-electron chi connectivity index (χ1n) is 22.5. The third-order valence-corrected chi connectivity index (χ3v) is 13.8. The van der Waals surface area contributed by atoms with Gasteiger partial charge in [0.2, 0.25) is 0 Å². The molecule has 1 unspecified atom stereocenters. The van der Waals surface area contributed by atoms with Crippen LogP contribution in [0.15, 0.2) is 237 Å².